The first-order chi connectivity index (χ1) is 10.7. The Bertz CT molecular complexity index is 477. The van der Waals surface area contributed by atoms with E-state index in [1.807, 2.05) is 11.3 Å². The lowest BCUT2D eigenvalue weighted by Gasteiger charge is -2.31. The largest absolute Gasteiger partial charge is 0.370 e. The molecular formula is C17H29IN4S. The predicted molar refractivity (Wildman–Crippen MR) is 110 cm³/mol. The van der Waals surface area contributed by atoms with E-state index in [2.05, 4.69) is 34.2 Å². The van der Waals surface area contributed by atoms with Gasteiger partial charge < -0.3 is 10.6 Å². The average molecular weight is 448 g/mol. The Labute approximate surface area is 161 Å². The Morgan fingerprint density at radius 2 is 2.00 bits per heavy atom. The van der Waals surface area contributed by atoms with Crippen molar-refractivity contribution in [2.24, 2.45) is 16.6 Å². The minimum atomic E-state index is 0. The van der Waals surface area contributed by atoms with E-state index in [1.54, 1.807) is 0 Å². The van der Waals surface area contributed by atoms with Crippen molar-refractivity contribution in [2.45, 2.75) is 38.6 Å². The normalized spacial score (nSPS) is 22.1. The van der Waals surface area contributed by atoms with Gasteiger partial charge in [-0.25, -0.2) is 0 Å². The summed E-state index contributed by atoms with van der Waals surface area (Å²) in [7, 11) is 0. The Morgan fingerprint density at radius 1 is 1.30 bits per heavy atom. The van der Waals surface area contributed by atoms with E-state index in [0.717, 1.165) is 31.5 Å². The third-order valence-electron chi connectivity index (χ3n) is 4.99. The standard InChI is InChI=1S/C17H28N4S.HI/c1-14-6-10-21(11-7-14)17(18)19-13-15(16-5-4-12-22-16)20-8-2-3-9-20;/h4-5,12,14-15H,2-3,6-11,13H2,1H3,(H2,18,19);1H. The van der Waals surface area contributed by atoms with E-state index < -0.39 is 0 Å². The lowest BCUT2D eigenvalue weighted by molar-refractivity contribution is 0.251. The SMILES string of the molecule is CC1CCN(C(N)=NCC(c2cccs2)N2CCCC2)CC1.I. The highest BCUT2D eigenvalue weighted by atomic mass is 127. The first-order valence-electron chi connectivity index (χ1n) is 8.56. The van der Waals surface area contributed by atoms with E-state index in [1.165, 1.54) is 43.6 Å². The highest BCUT2D eigenvalue weighted by Crippen LogP contribution is 2.28. The molecule has 0 amide bonds. The molecule has 2 fully saturated rings. The monoisotopic (exact) mass is 448 g/mol. The number of hydrogen-bond donors (Lipinski definition) is 1. The number of rotatable bonds is 4. The highest BCUT2D eigenvalue weighted by Gasteiger charge is 2.24. The fourth-order valence-electron chi connectivity index (χ4n) is 3.44. The molecule has 3 heterocycles. The molecule has 1 aromatic heterocycles. The van der Waals surface area contributed by atoms with Crippen molar-refractivity contribution >= 4 is 41.3 Å². The summed E-state index contributed by atoms with van der Waals surface area (Å²) in [5, 5.41) is 2.16. The Kier molecular flexibility index (Phi) is 7.62. The third kappa shape index (κ3) is 5.06. The van der Waals surface area contributed by atoms with Gasteiger partial charge >= 0.3 is 0 Å². The summed E-state index contributed by atoms with van der Waals surface area (Å²) in [5.74, 6) is 1.57. The summed E-state index contributed by atoms with van der Waals surface area (Å²) >= 11 is 1.84. The molecule has 0 saturated carbocycles. The van der Waals surface area contributed by atoms with E-state index in [4.69, 9.17) is 10.7 Å². The van der Waals surface area contributed by atoms with Gasteiger partial charge in [-0.05, 0) is 56.1 Å². The smallest absolute Gasteiger partial charge is 0.191 e. The van der Waals surface area contributed by atoms with Crippen LogP contribution in [-0.4, -0.2) is 48.5 Å². The molecule has 6 heteroatoms. The summed E-state index contributed by atoms with van der Waals surface area (Å²) in [4.78, 5) is 11.0. The van der Waals surface area contributed by atoms with Gasteiger partial charge in [0, 0.05) is 18.0 Å². The molecule has 0 radical (unpaired) electrons. The fourth-order valence-corrected chi connectivity index (χ4v) is 4.29. The number of piperidine rings is 1. The second-order valence-corrected chi connectivity index (χ2v) is 7.62. The summed E-state index contributed by atoms with van der Waals surface area (Å²) in [6.45, 7) is 7.62. The molecule has 3 rings (SSSR count). The van der Waals surface area contributed by atoms with Crippen LogP contribution in [0.5, 0.6) is 0 Å². The number of guanidine groups is 1. The Morgan fingerprint density at radius 3 is 2.61 bits per heavy atom. The van der Waals surface area contributed by atoms with Crippen molar-refractivity contribution in [1.29, 1.82) is 0 Å². The molecule has 2 saturated heterocycles. The summed E-state index contributed by atoms with van der Waals surface area (Å²) in [6.07, 6.45) is 5.09. The molecule has 23 heavy (non-hydrogen) atoms. The summed E-state index contributed by atoms with van der Waals surface area (Å²) < 4.78 is 0. The van der Waals surface area contributed by atoms with E-state index in [0.29, 0.717) is 6.04 Å². The minimum Gasteiger partial charge on any atom is -0.370 e. The average Bonchev–Trinajstić information content (AvgIpc) is 3.22. The molecule has 4 nitrogen and oxygen atoms in total. The molecule has 0 bridgehead atoms. The van der Waals surface area contributed by atoms with Crippen molar-refractivity contribution in [2.75, 3.05) is 32.7 Å². The van der Waals surface area contributed by atoms with Crippen LogP contribution in [0.4, 0.5) is 0 Å². The second kappa shape index (κ2) is 9.22. The molecule has 2 N–H and O–H groups in total. The Hall–Kier alpha value is -0.340. The van der Waals surface area contributed by atoms with Gasteiger partial charge in [0.15, 0.2) is 5.96 Å². The van der Waals surface area contributed by atoms with Crippen LogP contribution >= 0.6 is 35.3 Å². The molecule has 1 unspecified atom stereocenters. The van der Waals surface area contributed by atoms with Gasteiger partial charge in [-0.15, -0.1) is 35.3 Å². The topological polar surface area (TPSA) is 44.9 Å². The summed E-state index contributed by atoms with van der Waals surface area (Å²) in [6, 6.07) is 4.79. The van der Waals surface area contributed by atoms with E-state index >= 15 is 0 Å². The zero-order chi connectivity index (χ0) is 15.4. The number of nitrogens with zero attached hydrogens (tertiary/aromatic N) is 3. The maximum atomic E-state index is 6.26. The van der Waals surface area contributed by atoms with Gasteiger partial charge in [0.2, 0.25) is 0 Å². The summed E-state index contributed by atoms with van der Waals surface area (Å²) in [5.41, 5.74) is 6.26. The molecule has 2 aliphatic rings. The van der Waals surface area contributed by atoms with Gasteiger partial charge in [-0.3, -0.25) is 9.89 Å². The molecule has 130 valence electrons. The Balaban J connectivity index is 0.00000192. The first-order valence-corrected chi connectivity index (χ1v) is 9.44. The van der Waals surface area contributed by atoms with Crippen molar-refractivity contribution in [3.63, 3.8) is 0 Å². The molecule has 0 aromatic carbocycles. The van der Waals surface area contributed by atoms with Crippen LogP contribution in [-0.2, 0) is 0 Å². The van der Waals surface area contributed by atoms with Crippen LogP contribution in [0, 0.1) is 5.92 Å². The molecular weight excluding hydrogens is 419 g/mol. The number of thiophene rings is 1. The van der Waals surface area contributed by atoms with Crippen LogP contribution < -0.4 is 5.73 Å². The fraction of sp³-hybridized carbons (Fsp3) is 0.706. The number of likely N-dealkylation sites (tertiary alicyclic amines) is 2. The minimum absolute atomic E-state index is 0. The zero-order valence-electron chi connectivity index (χ0n) is 14.0. The van der Waals surface area contributed by atoms with Gasteiger partial charge in [-0.1, -0.05) is 13.0 Å². The first kappa shape index (κ1) is 19.0. The number of nitrogens with two attached hydrogens (primary N) is 1. The number of aliphatic imine (C=N–C) groups is 1. The molecule has 1 aromatic rings. The highest BCUT2D eigenvalue weighted by molar-refractivity contribution is 14.0. The predicted octanol–water partition coefficient (Wildman–Crippen LogP) is 3.55. The molecule has 2 aliphatic heterocycles. The van der Waals surface area contributed by atoms with E-state index in [-0.39, 0.29) is 24.0 Å². The van der Waals surface area contributed by atoms with Crippen LogP contribution in [0.25, 0.3) is 0 Å². The lowest BCUT2D eigenvalue weighted by Crippen LogP contribution is -2.43. The molecule has 0 aliphatic carbocycles. The molecule has 1 atom stereocenters. The van der Waals surface area contributed by atoms with Crippen LogP contribution in [0.3, 0.4) is 0 Å². The van der Waals surface area contributed by atoms with E-state index in [9.17, 15) is 0 Å². The van der Waals surface area contributed by atoms with Crippen LogP contribution in [0.2, 0.25) is 0 Å². The van der Waals surface area contributed by atoms with Gasteiger partial charge in [0.05, 0.1) is 12.6 Å². The number of hydrogen-bond acceptors (Lipinski definition) is 3. The van der Waals surface area contributed by atoms with Crippen molar-refractivity contribution in [3.05, 3.63) is 22.4 Å². The number of halogens is 1. The van der Waals surface area contributed by atoms with Gasteiger partial charge in [-0.2, -0.15) is 0 Å². The third-order valence-corrected chi connectivity index (χ3v) is 5.96. The molecule has 0 spiro atoms. The van der Waals surface area contributed by atoms with Crippen molar-refractivity contribution < 1.29 is 0 Å². The van der Waals surface area contributed by atoms with Crippen LogP contribution in [0.15, 0.2) is 22.5 Å². The maximum absolute atomic E-state index is 6.26. The van der Waals surface area contributed by atoms with Gasteiger partial charge in [0.25, 0.3) is 0 Å². The van der Waals surface area contributed by atoms with Crippen molar-refractivity contribution in [1.82, 2.24) is 9.80 Å². The maximum Gasteiger partial charge on any atom is 0.191 e. The quantitative estimate of drug-likeness (QED) is 0.436. The van der Waals surface area contributed by atoms with Crippen LogP contribution in [0.1, 0.15) is 43.5 Å². The van der Waals surface area contributed by atoms with Crippen molar-refractivity contribution in [3.8, 4) is 0 Å². The second-order valence-electron chi connectivity index (χ2n) is 6.64. The zero-order valence-corrected chi connectivity index (χ0v) is 17.1. The lowest BCUT2D eigenvalue weighted by atomic mass is 10.00. The van der Waals surface area contributed by atoms with Gasteiger partial charge in [0.1, 0.15) is 0 Å².